The van der Waals surface area contributed by atoms with Gasteiger partial charge in [0.1, 0.15) is 17.4 Å². The number of hydrogen-bond acceptors (Lipinski definition) is 7. The maximum atomic E-state index is 14.8. The van der Waals surface area contributed by atoms with Crippen molar-refractivity contribution in [3.63, 3.8) is 0 Å². The van der Waals surface area contributed by atoms with E-state index in [0.29, 0.717) is 28.9 Å². The van der Waals surface area contributed by atoms with Crippen LogP contribution < -0.4 is 10.2 Å². The second kappa shape index (κ2) is 11.8. The van der Waals surface area contributed by atoms with Gasteiger partial charge in [-0.25, -0.2) is 9.37 Å². The average Bonchev–Trinajstić information content (AvgIpc) is 2.89. The van der Waals surface area contributed by atoms with Crippen LogP contribution in [0.3, 0.4) is 0 Å². The second-order valence-electron chi connectivity index (χ2n) is 9.11. The predicted molar refractivity (Wildman–Crippen MR) is 138 cm³/mol. The van der Waals surface area contributed by atoms with Crippen LogP contribution >= 0.6 is 0 Å². The van der Waals surface area contributed by atoms with Crippen LogP contribution in [0.25, 0.3) is 11.1 Å². The molecule has 2 N–H and O–H groups in total. The van der Waals surface area contributed by atoms with Gasteiger partial charge in [0.05, 0.1) is 19.1 Å². The summed E-state index contributed by atoms with van der Waals surface area (Å²) >= 11 is 0. The lowest BCUT2D eigenvalue weighted by molar-refractivity contribution is -0.143. The van der Waals surface area contributed by atoms with Crippen LogP contribution in [0.2, 0.25) is 0 Å². The molecule has 36 heavy (non-hydrogen) atoms. The Kier molecular flexibility index (Phi) is 8.36. The molecule has 0 bridgehead atoms. The molecule has 0 radical (unpaired) electrons. The molecular weight excluding hydrogens is 459 g/mol. The van der Waals surface area contributed by atoms with Crippen molar-refractivity contribution in [1.82, 2.24) is 9.97 Å². The molecular formula is C28H33FN4O3. The molecule has 1 aromatic heterocycles. The Bertz CT molecular complexity index is 1170. The van der Waals surface area contributed by atoms with Crippen LogP contribution in [0, 0.1) is 5.82 Å². The molecule has 1 aliphatic rings. The smallest absolute Gasteiger partial charge is 0.308 e. The molecule has 7 nitrogen and oxygen atoms in total. The van der Waals surface area contributed by atoms with Crippen molar-refractivity contribution in [3.05, 3.63) is 66.1 Å². The minimum absolute atomic E-state index is 0.0348. The highest BCUT2D eigenvalue weighted by Gasteiger charge is 2.24. The Morgan fingerprint density at radius 3 is 2.56 bits per heavy atom. The quantitative estimate of drug-likeness (QED) is 0.362. The van der Waals surface area contributed by atoms with E-state index in [2.05, 4.69) is 15.2 Å². The van der Waals surface area contributed by atoms with E-state index < -0.39 is 6.04 Å². The number of aromatic nitrogens is 2. The summed E-state index contributed by atoms with van der Waals surface area (Å²) in [7, 11) is 1.99. The van der Waals surface area contributed by atoms with Crippen LogP contribution in [0.15, 0.2) is 54.7 Å². The van der Waals surface area contributed by atoms with Crippen molar-refractivity contribution in [3.8, 4) is 16.9 Å². The first-order valence-corrected chi connectivity index (χ1v) is 12.5. The number of benzene rings is 2. The summed E-state index contributed by atoms with van der Waals surface area (Å²) in [4.78, 5) is 24.0. The molecule has 0 saturated heterocycles. The third kappa shape index (κ3) is 6.11. The second-order valence-corrected chi connectivity index (χ2v) is 9.11. The molecule has 1 saturated carbocycles. The van der Waals surface area contributed by atoms with Gasteiger partial charge in [-0.05, 0) is 43.5 Å². The Hall–Kier alpha value is -3.68. The van der Waals surface area contributed by atoms with Crippen LogP contribution in [-0.2, 0) is 9.53 Å². The first-order chi connectivity index (χ1) is 17.5. The number of phenolic OH excluding ortho intramolecular Hbond substituents is 1. The number of phenols is 1. The zero-order chi connectivity index (χ0) is 25.5. The summed E-state index contributed by atoms with van der Waals surface area (Å²) in [5.41, 5.74) is 1.63. The molecule has 1 fully saturated rings. The molecule has 4 rings (SSSR count). The molecule has 3 aromatic rings. The van der Waals surface area contributed by atoms with Gasteiger partial charge in [0.2, 0.25) is 5.95 Å². The highest BCUT2D eigenvalue weighted by atomic mass is 19.1. The predicted octanol–water partition coefficient (Wildman–Crippen LogP) is 5.86. The molecule has 190 valence electrons. The molecule has 1 heterocycles. The van der Waals surface area contributed by atoms with Crippen LogP contribution in [0.5, 0.6) is 5.75 Å². The fraction of sp³-hybridized carbons (Fsp3) is 0.393. The van der Waals surface area contributed by atoms with Gasteiger partial charge in [0.25, 0.3) is 0 Å². The van der Waals surface area contributed by atoms with E-state index in [4.69, 9.17) is 9.72 Å². The van der Waals surface area contributed by atoms with Gasteiger partial charge >= 0.3 is 5.97 Å². The van der Waals surface area contributed by atoms with Gasteiger partial charge in [-0.3, -0.25) is 4.79 Å². The number of esters is 1. The molecule has 0 spiro atoms. The molecule has 0 aliphatic heterocycles. The van der Waals surface area contributed by atoms with Crippen LogP contribution in [0.1, 0.15) is 57.1 Å². The highest BCUT2D eigenvalue weighted by molar-refractivity contribution is 5.77. The van der Waals surface area contributed by atoms with E-state index in [1.165, 1.54) is 25.3 Å². The minimum Gasteiger partial charge on any atom is -0.508 e. The number of anilines is 2. The normalized spacial score (nSPS) is 14.8. The van der Waals surface area contributed by atoms with Crippen LogP contribution in [0.4, 0.5) is 16.2 Å². The number of aromatic hydroxyl groups is 1. The van der Waals surface area contributed by atoms with Gasteiger partial charge in [-0.2, -0.15) is 4.98 Å². The number of halogens is 1. The largest absolute Gasteiger partial charge is 0.508 e. The van der Waals surface area contributed by atoms with E-state index in [-0.39, 0.29) is 30.6 Å². The number of rotatable bonds is 9. The SMILES string of the molecule is CCOC(=O)CC(Nc1nc(N(C)C2CCCCC2)ncc1-c1ccccc1F)c1ccc(O)cc1. The molecule has 1 aliphatic carbocycles. The topological polar surface area (TPSA) is 87.6 Å². The standard InChI is InChI=1S/C28H33FN4O3/c1-3-36-26(35)17-25(19-13-15-21(34)16-14-19)31-27-23(22-11-7-8-12-24(22)29)18-30-28(32-27)33(2)20-9-5-4-6-10-20/h7-8,11-16,18,20,25,34H,3-6,9-10,17H2,1-2H3,(H,30,31,32). The lowest BCUT2D eigenvalue weighted by Gasteiger charge is -2.31. The highest BCUT2D eigenvalue weighted by Crippen LogP contribution is 2.34. The number of nitrogens with zero attached hydrogens (tertiary/aromatic N) is 3. The third-order valence-corrected chi connectivity index (χ3v) is 6.66. The Balaban J connectivity index is 1.74. The summed E-state index contributed by atoms with van der Waals surface area (Å²) in [5, 5.41) is 13.1. The minimum atomic E-state index is -0.516. The monoisotopic (exact) mass is 492 g/mol. The molecule has 1 unspecified atom stereocenters. The lowest BCUT2D eigenvalue weighted by atomic mass is 9.95. The number of nitrogens with one attached hydrogen (secondary N) is 1. The first-order valence-electron chi connectivity index (χ1n) is 12.5. The number of hydrogen-bond donors (Lipinski definition) is 2. The number of ether oxygens (including phenoxy) is 1. The zero-order valence-corrected chi connectivity index (χ0v) is 20.8. The zero-order valence-electron chi connectivity index (χ0n) is 20.8. The van der Waals surface area contributed by atoms with Gasteiger partial charge in [0.15, 0.2) is 0 Å². The van der Waals surface area contributed by atoms with Gasteiger partial charge in [-0.15, -0.1) is 0 Å². The van der Waals surface area contributed by atoms with E-state index in [0.717, 1.165) is 18.4 Å². The maximum absolute atomic E-state index is 14.8. The molecule has 8 heteroatoms. The molecule has 0 amide bonds. The van der Waals surface area contributed by atoms with Gasteiger partial charge in [0, 0.05) is 30.4 Å². The Labute approximate surface area is 211 Å². The number of carbonyl (C=O) groups excluding carboxylic acids is 1. The number of carbonyl (C=O) groups is 1. The van der Waals surface area contributed by atoms with E-state index in [1.807, 2.05) is 7.05 Å². The van der Waals surface area contributed by atoms with Crippen molar-refractivity contribution in [2.75, 3.05) is 23.9 Å². The van der Waals surface area contributed by atoms with Crippen molar-refractivity contribution in [2.45, 2.75) is 57.5 Å². The Morgan fingerprint density at radius 2 is 1.86 bits per heavy atom. The lowest BCUT2D eigenvalue weighted by Crippen LogP contribution is -2.34. The van der Waals surface area contributed by atoms with E-state index in [9.17, 15) is 14.3 Å². The van der Waals surface area contributed by atoms with Crippen LogP contribution in [-0.4, -0.2) is 40.7 Å². The third-order valence-electron chi connectivity index (χ3n) is 6.66. The van der Waals surface area contributed by atoms with E-state index in [1.54, 1.807) is 55.6 Å². The summed E-state index contributed by atoms with van der Waals surface area (Å²) in [5.74, 6) is 0.340. The van der Waals surface area contributed by atoms with Gasteiger partial charge in [-0.1, -0.05) is 49.6 Å². The maximum Gasteiger partial charge on any atom is 0.308 e. The van der Waals surface area contributed by atoms with Crippen molar-refractivity contribution >= 4 is 17.7 Å². The van der Waals surface area contributed by atoms with Crippen molar-refractivity contribution < 1.29 is 19.0 Å². The molecule has 1 atom stereocenters. The summed E-state index contributed by atoms with van der Waals surface area (Å²) in [6.07, 6.45) is 7.43. The summed E-state index contributed by atoms with van der Waals surface area (Å²) in [6, 6.07) is 12.9. The summed E-state index contributed by atoms with van der Waals surface area (Å²) < 4.78 is 20.0. The average molecular weight is 493 g/mol. The van der Waals surface area contributed by atoms with Gasteiger partial charge < -0.3 is 20.1 Å². The Morgan fingerprint density at radius 1 is 1.14 bits per heavy atom. The fourth-order valence-corrected chi connectivity index (χ4v) is 4.67. The molecule has 2 aromatic carbocycles. The van der Waals surface area contributed by atoms with Crippen molar-refractivity contribution in [1.29, 1.82) is 0 Å². The van der Waals surface area contributed by atoms with Crippen molar-refractivity contribution in [2.24, 2.45) is 0 Å². The van der Waals surface area contributed by atoms with E-state index >= 15 is 0 Å². The first kappa shape index (κ1) is 25.4. The summed E-state index contributed by atoms with van der Waals surface area (Å²) in [6.45, 7) is 2.03. The fourth-order valence-electron chi connectivity index (χ4n) is 4.67.